The van der Waals surface area contributed by atoms with Crippen molar-refractivity contribution >= 4 is 17.7 Å². The van der Waals surface area contributed by atoms with Crippen LogP contribution in [0.3, 0.4) is 0 Å². The molecule has 0 radical (unpaired) electrons. The number of benzene rings is 1. The van der Waals surface area contributed by atoms with Gasteiger partial charge in [-0.05, 0) is 23.6 Å². The molecule has 1 aromatic rings. The SMILES string of the molecule is CC1(C)CC(=O)C(C=Nc2cc(C(F)(F)F)cc(C(F)(F)F)c2)=C(O)C1. The molecule has 0 saturated heterocycles. The first-order valence-electron chi connectivity index (χ1n) is 7.48. The Morgan fingerprint density at radius 2 is 1.50 bits per heavy atom. The van der Waals surface area contributed by atoms with Crippen LogP contribution in [0.5, 0.6) is 0 Å². The maximum atomic E-state index is 12.8. The summed E-state index contributed by atoms with van der Waals surface area (Å²) < 4.78 is 76.9. The highest BCUT2D eigenvalue weighted by Crippen LogP contribution is 2.39. The number of aliphatic imine (C=N–C) groups is 1. The molecule has 2 rings (SSSR count). The first-order valence-corrected chi connectivity index (χ1v) is 7.48. The van der Waals surface area contributed by atoms with Gasteiger partial charge < -0.3 is 5.11 Å². The van der Waals surface area contributed by atoms with E-state index in [4.69, 9.17) is 0 Å². The second-order valence-corrected chi connectivity index (χ2v) is 6.82. The molecule has 0 heterocycles. The summed E-state index contributed by atoms with van der Waals surface area (Å²) in [6, 6.07) is 0.880. The largest absolute Gasteiger partial charge is 0.511 e. The number of aliphatic hydroxyl groups is 1. The second kappa shape index (κ2) is 6.44. The third-order valence-electron chi connectivity index (χ3n) is 3.81. The predicted molar refractivity (Wildman–Crippen MR) is 82.3 cm³/mol. The van der Waals surface area contributed by atoms with Gasteiger partial charge in [0.2, 0.25) is 0 Å². The molecule has 9 heteroatoms. The first kappa shape index (κ1) is 20.0. The zero-order valence-corrected chi connectivity index (χ0v) is 13.8. The Labute approximate surface area is 145 Å². The van der Waals surface area contributed by atoms with Crippen molar-refractivity contribution in [3.8, 4) is 0 Å². The quantitative estimate of drug-likeness (QED) is 0.535. The average molecular weight is 379 g/mol. The van der Waals surface area contributed by atoms with Crippen LogP contribution in [0.2, 0.25) is 0 Å². The Morgan fingerprint density at radius 1 is 1.00 bits per heavy atom. The molecule has 0 amide bonds. The van der Waals surface area contributed by atoms with Crippen LogP contribution in [0.15, 0.2) is 34.5 Å². The lowest BCUT2D eigenvalue weighted by Crippen LogP contribution is -2.26. The smallest absolute Gasteiger partial charge is 0.416 e. The fraction of sp³-hybridized carbons (Fsp3) is 0.412. The van der Waals surface area contributed by atoms with Crippen LogP contribution in [-0.2, 0) is 17.1 Å². The third kappa shape index (κ3) is 4.64. The molecule has 0 aromatic heterocycles. The van der Waals surface area contributed by atoms with E-state index in [-0.39, 0.29) is 30.2 Å². The first-order chi connectivity index (χ1) is 11.7. The van der Waals surface area contributed by atoms with Gasteiger partial charge >= 0.3 is 12.4 Å². The molecule has 1 aromatic carbocycles. The van der Waals surface area contributed by atoms with Gasteiger partial charge in [-0.1, -0.05) is 13.8 Å². The summed E-state index contributed by atoms with van der Waals surface area (Å²) >= 11 is 0. The number of carbonyl (C=O) groups is 1. The fourth-order valence-electron chi connectivity index (χ4n) is 2.60. The van der Waals surface area contributed by atoms with Crippen molar-refractivity contribution in [1.82, 2.24) is 0 Å². The number of hydrogen-bond acceptors (Lipinski definition) is 3. The maximum absolute atomic E-state index is 12.8. The van der Waals surface area contributed by atoms with Gasteiger partial charge in [0.25, 0.3) is 0 Å². The van der Waals surface area contributed by atoms with Crippen molar-refractivity contribution in [2.75, 3.05) is 0 Å². The Hall–Kier alpha value is -2.32. The van der Waals surface area contributed by atoms with E-state index >= 15 is 0 Å². The van der Waals surface area contributed by atoms with Gasteiger partial charge in [-0.15, -0.1) is 0 Å². The number of Topliss-reactive ketones (excluding diaryl/α,β-unsaturated/α-hetero) is 1. The number of alkyl halides is 6. The van der Waals surface area contributed by atoms with Crippen molar-refractivity contribution in [3.05, 3.63) is 40.7 Å². The molecule has 3 nitrogen and oxygen atoms in total. The van der Waals surface area contributed by atoms with Gasteiger partial charge in [0.1, 0.15) is 5.76 Å². The highest BCUT2D eigenvalue weighted by atomic mass is 19.4. The van der Waals surface area contributed by atoms with Gasteiger partial charge in [0.15, 0.2) is 5.78 Å². The minimum absolute atomic E-state index is 0.00988. The number of aliphatic hydroxyl groups excluding tert-OH is 1. The predicted octanol–water partition coefficient (Wildman–Crippen LogP) is 5.63. The van der Waals surface area contributed by atoms with Crippen LogP contribution in [0.1, 0.15) is 37.8 Å². The van der Waals surface area contributed by atoms with Crippen molar-refractivity contribution in [1.29, 1.82) is 0 Å². The third-order valence-corrected chi connectivity index (χ3v) is 3.81. The van der Waals surface area contributed by atoms with Crippen LogP contribution >= 0.6 is 0 Å². The van der Waals surface area contributed by atoms with Crippen LogP contribution in [0, 0.1) is 5.41 Å². The standard InChI is InChI=1S/C17H15F6NO2/c1-15(2)6-13(25)12(14(26)7-15)8-24-11-4-9(16(18,19)20)3-10(5-11)17(21,22)23/h3-5,8,25H,6-7H2,1-2H3. The molecule has 1 aliphatic rings. The lowest BCUT2D eigenvalue weighted by atomic mass is 9.77. The van der Waals surface area contributed by atoms with E-state index in [9.17, 15) is 36.2 Å². The average Bonchev–Trinajstić information content (AvgIpc) is 2.42. The van der Waals surface area contributed by atoms with Crippen molar-refractivity contribution in [2.45, 2.75) is 39.0 Å². The Morgan fingerprint density at radius 3 is 1.92 bits per heavy atom. The molecule has 0 spiro atoms. The highest BCUT2D eigenvalue weighted by molar-refractivity contribution is 6.14. The second-order valence-electron chi connectivity index (χ2n) is 6.82. The van der Waals surface area contributed by atoms with E-state index in [2.05, 4.69) is 4.99 Å². The van der Waals surface area contributed by atoms with Gasteiger partial charge in [0, 0.05) is 19.1 Å². The molecule has 0 unspecified atom stereocenters. The summed E-state index contributed by atoms with van der Waals surface area (Å²) in [5, 5.41) is 9.93. The van der Waals surface area contributed by atoms with E-state index in [0.29, 0.717) is 12.1 Å². The molecular weight excluding hydrogens is 364 g/mol. The number of rotatable bonds is 2. The van der Waals surface area contributed by atoms with Crippen LogP contribution in [0.4, 0.5) is 32.0 Å². The van der Waals surface area contributed by atoms with Gasteiger partial charge in [-0.25, -0.2) is 0 Å². The highest BCUT2D eigenvalue weighted by Gasteiger charge is 2.37. The van der Waals surface area contributed by atoms with Crippen LogP contribution < -0.4 is 0 Å². The summed E-state index contributed by atoms with van der Waals surface area (Å²) in [6.07, 6.45) is -8.94. The lowest BCUT2D eigenvalue weighted by Gasteiger charge is -2.28. The number of nitrogens with zero attached hydrogens (tertiary/aromatic N) is 1. The Balaban J connectivity index is 2.46. The van der Waals surface area contributed by atoms with Crippen molar-refractivity contribution in [2.24, 2.45) is 10.4 Å². The van der Waals surface area contributed by atoms with Crippen LogP contribution in [-0.4, -0.2) is 17.1 Å². The zero-order valence-electron chi connectivity index (χ0n) is 13.8. The topological polar surface area (TPSA) is 49.7 Å². The van der Waals surface area contributed by atoms with E-state index in [1.165, 1.54) is 0 Å². The van der Waals surface area contributed by atoms with Gasteiger partial charge in [-0.2, -0.15) is 26.3 Å². The van der Waals surface area contributed by atoms with E-state index < -0.39 is 40.4 Å². The molecule has 0 fully saturated rings. The Kier molecular flexibility index (Phi) is 4.95. The lowest BCUT2D eigenvalue weighted by molar-refractivity contribution is -0.143. The van der Waals surface area contributed by atoms with E-state index in [1.807, 2.05) is 0 Å². The maximum Gasteiger partial charge on any atom is 0.416 e. The molecule has 0 atom stereocenters. The number of halogens is 6. The van der Waals surface area contributed by atoms with Crippen molar-refractivity contribution < 1.29 is 36.2 Å². The molecular formula is C17H15F6NO2. The summed E-state index contributed by atoms with van der Waals surface area (Å²) in [6.45, 7) is 3.49. The fourth-order valence-corrected chi connectivity index (χ4v) is 2.60. The normalized spacial score (nSPS) is 18.7. The monoisotopic (exact) mass is 379 g/mol. The molecule has 0 bridgehead atoms. The summed E-state index contributed by atoms with van der Waals surface area (Å²) in [4.78, 5) is 15.6. The minimum atomic E-state index is -4.99. The summed E-state index contributed by atoms with van der Waals surface area (Å²) in [5.74, 6) is -0.774. The molecule has 26 heavy (non-hydrogen) atoms. The summed E-state index contributed by atoms with van der Waals surface area (Å²) in [7, 11) is 0. The molecule has 142 valence electrons. The van der Waals surface area contributed by atoms with Crippen molar-refractivity contribution in [3.63, 3.8) is 0 Å². The van der Waals surface area contributed by atoms with Gasteiger partial charge in [0.05, 0.1) is 22.4 Å². The number of allylic oxidation sites excluding steroid dienone is 2. The molecule has 1 aliphatic carbocycles. The van der Waals surface area contributed by atoms with E-state index in [0.717, 1.165) is 6.21 Å². The number of carbonyl (C=O) groups excluding carboxylic acids is 1. The molecule has 0 saturated carbocycles. The number of ketones is 1. The number of hydrogen-bond donors (Lipinski definition) is 1. The van der Waals surface area contributed by atoms with Crippen LogP contribution in [0.25, 0.3) is 0 Å². The Bertz CT molecular complexity index is 755. The minimum Gasteiger partial charge on any atom is -0.511 e. The van der Waals surface area contributed by atoms with Gasteiger partial charge in [-0.3, -0.25) is 9.79 Å². The molecule has 0 aliphatic heterocycles. The summed E-state index contributed by atoms with van der Waals surface area (Å²) in [5.41, 5.74) is -4.33. The van der Waals surface area contributed by atoms with E-state index in [1.54, 1.807) is 13.8 Å². The molecule has 1 N–H and O–H groups in total. The zero-order chi connectivity index (χ0) is 19.9.